The second-order valence-electron chi connectivity index (χ2n) is 3.36. The van der Waals surface area contributed by atoms with Crippen molar-refractivity contribution in [2.45, 2.75) is 6.54 Å². The maximum Gasteiger partial charge on any atom is 0.132 e. The number of H-pyrrole nitrogens is 1. The van der Waals surface area contributed by atoms with E-state index in [1.54, 1.807) is 18.2 Å². The summed E-state index contributed by atoms with van der Waals surface area (Å²) in [5.41, 5.74) is 1.09. The molecule has 1 aromatic heterocycles. The van der Waals surface area contributed by atoms with E-state index in [2.05, 4.69) is 31.2 Å². The molecule has 1 aromatic carbocycles. The van der Waals surface area contributed by atoms with E-state index in [1.807, 2.05) is 7.05 Å². The minimum Gasteiger partial charge on any atom is -0.335 e. The Labute approximate surface area is 101 Å². The van der Waals surface area contributed by atoms with Gasteiger partial charge in [0, 0.05) is 5.56 Å². The average molecular weight is 284 g/mol. The SMILES string of the molecule is CNCc1nc(-c2ccccc2F)c(Br)[nH]1. The fourth-order valence-corrected chi connectivity index (χ4v) is 2.01. The van der Waals surface area contributed by atoms with E-state index in [-0.39, 0.29) is 5.82 Å². The summed E-state index contributed by atoms with van der Waals surface area (Å²) in [5, 5.41) is 2.98. The first-order valence-electron chi connectivity index (χ1n) is 4.86. The van der Waals surface area contributed by atoms with Crippen LogP contribution in [0.2, 0.25) is 0 Å². The number of nitrogens with zero attached hydrogens (tertiary/aromatic N) is 1. The molecule has 0 aliphatic carbocycles. The van der Waals surface area contributed by atoms with Gasteiger partial charge < -0.3 is 10.3 Å². The van der Waals surface area contributed by atoms with Crippen molar-refractivity contribution in [3.05, 3.63) is 40.5 Å². The Morgan fingerprint density at radius 2 is 2.19 bits per heavy atom. The Hall–Kier alpha value is -1.20. The first-order chi connectivity index (χ1) is 7.72. The zero-order valence-electron chi connectivity index (χ0n) is 8.72. The molecule has 0 fully saturated rings. The summed E-state index contributed by atoms with van der Waals surface area (Å²) in [6.45, 7) is 0.618. The second-order valence-corrected chi connectivity index (χ2v) is 4.15. The summed E-state index contributed by atoms with van der Waals surface area (Å²) in [5.74, 6) is 0.498. The number of hydrogen-bond donors (Lipinski definition) is 2. The number of nitrogens with one attached hydrogen (secondary N) is 2. The van der Waals surface area contributed by atoms with Crippen LogP contribution in [0, 0.1) is 5.82 Å². The number of halogens is 2. The molecule has 16 heavy (non-hydrogen) atoms. The average Bonchev–Trinajstić information content (AvgIpc) is 2.61. The number of aromatic nitrogens is 2. The molecule has 0 amide bonds. The Morgan fingerprint density at radius 3 is 2.88 bits per heavy atom. The molecule has 84 valence electrons. The van der Waals surface area contributed by atoms with Gasteiger partial charge in [-0.05, 0) is 35.1 Å². The van der Waals surface area contributed by atoms with Gasteiger partial charge in [0.05, 0.1) is 6.54 Å². The van der Waals surface area contributed by atoms with E-state index >= 15 is 0 Å². The fourth-order valence-electron chi connectivity index (χ4n) is 1.48. The van der Waals surface area contributed by atoms with Crippen LogP contribution in [0.5, 0.6) is 0 Å². The van der Waals surface area contributed by atoms with Gasteiger partial charge >= 0.3 is 0 Å². The van der Waals surface area contributed by atoms with E-state index in [0.717, 1.165) is 5.82 Å². The van der Waals surface area contributed by atoms with Gasteiger partial charge in [0.25, 0.3) is 0 Å². The van der Waals surface area contributed by atoms with Crippen LogP contribution in [-0.2, 0) is 6.54 Å². The molecule has 2 rings (SSSR count). The van der Waals surface area contributed by atoms with Crippen LogP contribution in [-0.4, -0.2) is 17.0 Å². The van der Waals surface area contributed by atoms with Crippen molar-refractivity contribution in [1.29, 1.82) is 0 Å². The monoisotopic (exact) mass is 283 g/mol. The lowest BCUT2D eigenvalue weighted by molar-refractivity contribution is 0.630. The van der Waals surface area contributed by atoms with E-state index < -0.39 is 0 Å². The Morgan fingerprint density at radius 1 is 1.44 bits per heavy atom. The zero-order chi connectivity index (χ0) is 11.5. The molecule has 0 atom stereocenters. The third kappa shape index (κ3) is 2.15. The van der Waals surface area contributed by atoms with Gasteiger partial charge in [-0.15, -0.1) is 0 Å². The minimum atomic E-state index is -0.272. The Bertz CT molecular complexity index is 496. The summed E-state index contributed by atoms with van der Waals surface area (Å²) in [4.78, 5) is 7.37. The quantitative estimate of drug-likeness (QED) is 0.909. The highest BCUT2D eigenvalue weighted by atomic mass is 79.9. The van der Waals surface area contributed by atoms with Crippen LogP contribution in [0.3, 0.4) is 0 Å². The van der Waals surface area contributed by atoms with Crippen molar-refractivity contribution in [1.82, 2.24) is 15.3 Å². The van der Waals surface area contributed by atoms with Crippen LogP contribution in [0.4, 0.5) is 4.39 Å². The molecule has 0 bridgehead atoms. The van der Waals surface area contributed by atoms with Crippen LogP contribution in [0.25, 0.3) is 11.3 Å². The molecule has 0 aliphatic rings. The number of imidazole rings is 1. The molecule has 2 N–H and O–H groups in total. The highest BCUT2D eigenvalue weighted by Gasteiger charge is 2.12. The molecular formula is C11H11BrFN3. The van der Waals surface area contributed by atoms with Crippen molar-refractivity contribution in [3.63, 3.8) is 0 Å². The van der Waals surface area contributed by atoms with E-state index in [9.17, 15) is 4.39 Å². The summed E-state index contributed by atoms with van der Waals surface area (Å²) in [6.07, 6.45) is 0. The van der Waals surface area contributed by atoms with Crippen molar-refractivity contribution < 1.29 is 4.39 Å². The van der Waals surface area contributed by atoms with Crippen LogP contribution in [0.15, 0.2) is 28.9 Å². The second kappa shape index (κ2) is 4.76. The fraction of sp³-hybridized carbons (Fsp3) is 0.182. The molecule has 5 heteroatoms. The number of hydrogen-bond acceptors (Lipinski definition) is 2. The van der Waals surface area contributed by atoms with Gasteiger partial charge in [-0.25, -0.2) is 9.37 Å². The molecule has 0 saturated heterocycles. The lowest BCUT2D eigenvalue weighted by Crippen LogP contribution is -2.06. The molecule has 0 radical (unpaired) electrons. The van der Waals surface area contributed by atoms with Gasteiger partial charge in [-0.3, -0.25) is 0 Å². The first-order valence-corrected chi connectivity index (χ1v) is 5.65. The van der Waals surface area contributed by atoms with Gasteiger partial charge in [0.2, 0.25) is 0 Å². The number of aromatic amines is 1. The largest absolute Gasteiger partial charge is 0.335 e. The van der Waals surface area contributed by atoms with Gasteiger partial charge in [-0.1, -0.05) is 12.1 Å². The molecule has 0 spiro atoms. The van der Waals surface area contributed by atoms with Crippen molar-refractivity contribution in [2.75, 3.05) is 7.05 Å². The Balaban J connectivity index is 2.44. The van der Waals surface area contributed by atoms with E-state index in [0.29, 0.717) is 22.4 Å². The molecule has 0 saturated carbocycles. The minimum absolute atomic E-state index is 0.272. The van der Waals surface area contributed by atoms with E-state index in [4.69, 9.17) is 0 Å². The summed E-state index contributed by atoms with van der Waals surface area (Å²) in [7, 11) is 1.83. The van der Waals surface area contributed by atoms with Gasteiger partial charge in [0.15, 0.2) is 0 Å². The van der Waals surface area contributed by atoms with Crippen molar-refractivity contribution in [2.24, 2.45) is 0 Å². The summed E-state index contributed by atoms with van der Waals surface area (Å²) >= 11 is 3.35. The topological polar surface area (TPSA) is 40.7 Å². The highest BCUT2D eigenvalue weighted by molar-refractivity contribution is 9.10. The van der Waals surface area contributed by atoms with Crippen LogP contribution >= 0.6 is 15.9 Å². The standard InChI is InChI=1S/C11H11BrFN3/c1-14-6-9-15-10(11(12)16-9)7-4-2-3-5-8(7)13/h2-5,14H,6H2,1H3,(H,15,16). The third-order valence-corrected chi connectivity index (χ3v) is 2.76. The molecule has 0 aliphatic heterocycles. The molecule has 3 nitrogen and oxygen atoms in total. The molecule has 0 unspecified atom stereocenters. The highest BCUT2D eigenvalue weighted by Crippen LogP contribution is 2.27. The smallest absolute Gasteiger partial charge is 0.132 e. The third-order valence-electron chi connectivity index (χ3n) is 2.18. The van der Waals surface area contributed by atoms with Gasteiger partial charge in [0.1, 0.15) is 21.9 Å². The Kier molecular flexibility index (Phi) is 3.36. The molecular weight excluding hydrogens is 273 g/mol. The summed E-state index contributed by atoms with van der Waals surface area (Å²) in [6, 6.07) is 6.58. The van der Waals surface area contributed by atoms with Gasteiger partial charge in [-0.2, -0.15) is 0 Å². The lowest BCUT2D eigenvalue weighted by atomic mass is 10.1. The van der Waals surface area contributed by atoms with Crippen LogP contribution in [0.1, 0.15) is 5.82 Å². The van der Waals surface area contributed by atoms with E-state index in [1.165, 1.54) is 6.07 Å². The molecule has 1 heterocycles. The number of rotatable bonds is 3. The summed E-state index contributed by atoms with van der Waals surface area (Å²) < 4.78 is 14.3. The predicted molar refractivity (Wildman–Crippen MR) is 64.4 cm³/mol. The molecule has 2 aromatic rings. The maximum atomic E-state index is 13.6. The lowest BCUT2D eigenvalue weighted by Gasteiger charge is -1.98. The number of benzene rings is 1. The maximum absolute atomic E-state index is 13.6. The zero-order valence-corrected chi connectivity index (χ0v) is 10.3. The van der Waals surface area contributed by atoms with Crippen molar-refractivity contribution in [3.8, 4) is 11.3 Å². The first kappa shape index (κ1) is 11.3. The predicted octanol–water partition coefficient (Wildman–Crippen LogP) is 2.70. The van der Waals surface area contributed by atoms with Crippen LogP contribution < -0.4 is 5.32 Å². The normalized spacial score (nSPS) is 10.7. The van der Waals surface area contributed by atoms with Crippen molar-refractivity contribution >= 4 is 15.9 Å².